The Balaban J connectivity index is 1.04. The summed E-state index contributed by atoms with van der Waals surface area (Å²) >= 11 is 0. The third kappa shape index (κ3) is 5.47. The monoisotopic (exact) mass is 731 g/mol. The van der Waals surface area contributed by atoms with Crippen LogP contribution in [0.15, 0.2) is 205 Å². The molecule has 57 heavy (non-hydrogen) atoms. The Morgan fingerprint density at radius 1 is 0.474 bits per heavy atom. The van der Waals surface area contributed by atoms with Gasteiger partial charge in [-0.2, -0.15) is 0 Å². The zero-order valence-electron chi connectivity index (χ0n) is 32.1. The standard InChI is InChI=1S/C55H41NO/c1-55(2)50-18-10-8-16-46(50)47-33-30-43(35-51(47)55)56(41-26-20-37(21-27-41)36-12-4-3-5-13-36)42-28-22-39(23-29-42)45-31-24-38-14-6-7-15-44(38)54(45)40-25-32-49-48-17-9-11-19-52(48)57-53(49)34-40/h3-35,46,50H,1-2H3. The van der Waals surface area contributed by atoms with Crippen molar-refractivity contribution in [3.05, 3.63) is 211 Å². The molecular weight excluding hydrogens is 691 g/mol. The number of hydrogen-bond donors (Lipinski definition) is 0. The van der Waals surface area contributed by atoms with Crippen LogP contribution in [0, 0.1) is 5.92 Å². The highest BCUT2D eigenvalue weighted by molar-refractivity contribution is 6.09. The first-order valence-corrected chi connectivity index (χ1v) is 20.0. The second-order valence-corrected chi connectivity index (χ2v) is 16.1. The van der Waals surface area contributed by atoms with E-state index in [0.717, 1.165) is 38.9 Å². The van der Waals surface area contributed by atoms with Gasteiger partial charge in [0.15, 0.2) is 0 Å². The second kappa shape index (κ2) is 13.1. The molecule has 0 radical (unpaired) electrons. The summed E-state index contributed by atoms with van der Waals surface area (Å²) in [5.74, 6) is 0.866. The van der Waals surface area contributed by atoms with E-state index < -0.39 is 0 Å². The van der Waals surface area contributed by atoms with Crippen LogP contribution in [0.3, 0.4) is 0 Å². The van der Waals surface area contributed by atoms with Gasteiger partial charge in [-0.3, -0.25) is 0 Å². The molecular formula is C55H41NO. The number of benzene rings is 8. The van der Waals surface area contributed by atoms with E-state index in [1.165, 1.54) is 55.4 Å². The van der Waals surface area contributed by atoms with Crippen LogP contribution in [-0.4, -0.2) is 0 Å². The van der Waals surface area contributed by atoms with Gasteiger partial charge in [0.1, 0.15) is 11.2 Å². The summed E-state index contributed by atoms with van der Waals surface area (Å²) in [7, 11) is 0. The minimum Gasteiger partial charge on any atom is -0.456 e. The van der Waals surface area contributed by atoms with Gasteiger partial charge in [-0.25, -0.2) is 0 Å². The molecule has 272 valence electrons. The molecule has 11 rings (SSSR count). The van der Waals surface area contributed by atoms with Crippen molar-refractivity contribution in [1.29, 1.82) is 0 Å². The molecule has 0 saturated carbocycles. The summed E-state index contributed by atoms with van der Waals surface area (Å²) < 4.78 is 6.39. The predicted octanol–water partition coefficient (Wildman–Crippen LogP) is 15.3. The van der Waals surface area contributed by atoms with E-state index in [1.807, 2.05) is 12.1 Å². The van der Waals surface area contributed by atoms with Crippen LogP contribution in [0.25, 0.3) is 66.1 Å². The molecule has 1 heterocycles. The molecule has 0 N–H and O–H groups in total. The maximum atomic E-state index is 6.39. The lowest BCUT2D eigenvalue weighted by Gasteiger charge is -2.30. The quantitative estimate of drug-likeness (QED) is 0.169. The highest BCUT2D eigenvalue weighted by Crippen LogP contribution is 2.54. The number of fused-ring (bicyclic) bond motifs is 7. The Labute approximate surface area is 333 Å². The maximum Gasteiger partial charge on any atom is 0.136 e. The molecule has 2 heteroatoms. The van der Waals surface area contributed by atoms with Gasteiger partial charge in [0, 0.05) is 33.8 Å². The largest absolute Gasteiger partial charge is 0.456 e. The van der Waals surface area contributed by atoms with Gasteiger partial charge in [0.05, 0.1) is 0 Å². The van der Waals surface area contributed by atoms with Crippen LogP contribution < -0.4 is 4.90 Å². The Kier molecular flexibility index (Phi) is 7.69. The van der Waals surface area contributed by atoms with Crippen LogP contribution in [0.2, 0.25) is 0 Å². The number of rotatable bonds is 6. The molecule has 8 aromatic carbocycles. The zero-order valence-corrected chi connectivity index (χ0v) is 32.1. The number of hydrogen-bond acceptors (Lipinski definition) is 2. The normalized spacial score (nSPS) is 16.6. The van der Waals surface area contributed by atoms with E-state index >= 15 is 0 Å². The first-order valence-electron chi connectivity index (χ1n) is 20.0. The van der Waals surface area contributed by atoms with Crippen molar-refractivity contribution in [3.8, 4) is 33.4 Å². The SMILES string of the molecule is CC1(C)c2cc(N(c3ccc(-c4ccccc4)cc3)c3ccc(-c4ccc5ccccc5c4-c4ccc5c(c4)oc4ccccc45)cc3)ccc2C2C=CC=CC21. The first-order chi connectivity index (χ1) is 28.0. The number of allylic oxidation sites excluding steroid dienone is 4. The van der Waals surface area contributed by atoms with Crippen molar-refractivity contribution in [2.24, 2.45) is 5.92 Å². The highest BCUT2D eigenvalue weighted by Gasteiger charge is 2.44. The van der Waals surface area contributed by atoms with E-state index in [4.69, 9.17) is 4.42 Å². The van der Waals surface area contributed by atoms with Crippen molar-refractivity contribution in [1.82, 2.24) is 0 Å². The summed E-state index contributed by atoms with van der Waals surface area (Å²) in [5.41, 5.74) is 15.2. The summed E-state index contributed by atoms with van der Waals surface area (Å²) in [4.78, 5) is 2.42. The van der Waals surface area contributed by atoms with E-state index in [0.29, 0.717) is 11.8 Å². The Morgan fingerprint density at radius 3 is 1.91 bits per heavy atom. The lowest BCUT2D eigenvalue weighted by molar-refractivity contribution is 0.394. The van der Waals surface area contributed by atoms with Gasteiger partial charge in [-0.1, -0.05) is 159 Å². The second-order valence-electron chi connectivity index (χ2n) is 16.1. The van der Waals surface area contributed by atoms with Gasteiger partial charge in [0.25, 0.3) is 0 Å². The van der Waals surface area contributed by atoms with Crippen LogP contribution in [0.1, 0.15) is 30.9 Å². The van der Waals surface area contributed by atoms with E-state index in [2.05, 4.69) is 207 Å². The lowest BCUT2D eigenvalue weighted by Crippen LogP contribution is -2.24. The van der Waals surface area contributed by atoms with Gasteiger partial charge < -0.3 is 9.32 Å². The van der Waals surface area contributed by atoms with Crippen molar-refractivity contribution in [3.63, 3.8) is 0 Å². The average molecular weight is 732 g/mol. The molecule has 9 aromatic rings. The molecule has 2 unspecified atom stereocenters. The van der Waals surface area contributed by atoms with Crippen LogP contribution in [0.4, 0.5) is 17.1 Å². The predicted molar refractivity (Wildman–Crippen MR) is 240 cm³/mol. The molecule has 0 fully saturated rings. The molecule has 0 spiro atoms. The fraction of sp³-hybridized carbons (Fsp3) is 0.0909. The molecule has 2 nitrogen and oxygen atoms in total. The minimum atomic E-state index is 0.0157. The highest BCUT2D eigenvalue weighted by atomic mass is 16.3. The van der Waals surface area contributed by atoms with Crippen molar-refractivity contribution in [2.45, 2.75) is 25.2 Å². The lowest BCUT2D eigenvalue weighted by atomic mass is 9.74. The van der Waals surface area contributed by atoms with Crippen LogP contribution in [-0.2, 0) is 5.41 Å². The smallest absolute Gasteiger partial charge is 0.136 e. The fourth-order valence-corrected chi connectivity index (χ4v) is 9.68. The molecule has 0 aliphatic heterocycles. The molecule has 2 atom stereocenters. The van der Waals surface area contributed by atoms with Gasteiger partial charge in [-0.05, 0) is 121 Å². The third-order valence-electron chi connectivity index (χ3n) is 12.6. The molecule has 1 aromatic heterocycles. The average Bonchev–Trinajstić information content (AvgIpc) is 3.75. The number of anilines is 3. The number of para-hydroxylation sites is 1. The fourth-order valence-electron chi connectivity index (χ4n) is 9.68. The summed E-state index contributed by atoms with van der Waals surface area (Å²) in [6.45, 7) is 4.81. The topological polar surface area (TPSA) is 16.4 Å². The molecule has 0 bridgehead atoms. The number of nitrogens with zero attached hydrogens (tertiary/aromatic N) is 1. The summed E-state index contributed by atoms with van der Waals surface area (Å²) in [6.07, 6.45) is 9.21. The first kappa shape index (κ1) is 33.4. The van der Waals surface area contributed by atoms with E-state index in [9.17, 15) is 0 Å². The van der Waals surface area contributed by atoms with Crippen molar-refractivity contribution < 1.29 is 4.42 Å². The van der Waals surface area contributed by atoms with Crippen LogP contribution >= 0.6 is 0 Å². The minimum absolute atomic E-state index is 0.0157. The van der Waals surface area contributed by atoms with E-state index in [-0.39, 0.29) is 5.41 Å². The maximum absolute atomic E-state index is 6.39. The Morgan fingerprint density at radius 2 is 1.11 bits per heavy atom. The summed E-state index contributed by atoms with van der Waals surface area (Å²) in [6, 6.07) is 64.1. The Bertz CT molecular complexity index is 3040. The molecule has 2 aliphatic carbocycles. The summed E-state index contributed by atoms with van der Waals surface area (Å²) in [5, 5.41) is 4.72. The Hall–Kier alpha value is -6.90. The number of furan rings is 1. The zero-order chi connectivity index (χ0) is 38.1. The molecule has 0 saturated heterocycles. The van der Waals surface area contributed by atoms with E-state index in [1.54, 1.807) is 0 Å². The molecule has 0 amide bonds. The van der Waals surface area contributed by atoms with Gasteiger partial charge >= 0.3 is 0 Å². The molecule has 2 aliphatic rings. The van der Waals surface area contributed by atoms with Crippen molar-refractivity contribution >= 4 is 49.8 Å². The van der Waals surface area contributed by atoms with Gasteiger partial charge in [-0.15, -0.1) is 0 Å². The van der Waals surface area contributed by atoms with Gasteiger partial charge in [0.2, 0.25) is 0 Å². The van der Waals surface area contributed by atoms with Crippen LogP contribution in [0.5, 0.6) is 0 Å². The third-order valence-corrected chi connectivity index (χ3v) is 12.6. The van der Waals surface area contributed by atoms with Crippen molar-refractivity contribution in [2.75, 3.05) is 4.90 Å².